The van der Waals surface area contributed by atoms with Crippen LogP contribution in [-0.2, 0) is 38.9 Å². The van der Waals surface area contributed by atoms with Crippen LogP contribution in [0.25, 0.3) is 22.5 Å². The third-order valence-corrected chi connectivity index (χ3v) is 8.92. The molecule has 0 atom stereocenters. The van der Waals surface area contributed by atoms with E-state index in [2.05, 4.69) is 29.9 Å². The lowest BCUT2D eigenvalue weighted by Crippen LogP contribution is -2.10. The lowest BCUT2D eigenvalue weighted by Gasteiger charge is -2.19. The average molecular weight is 742 g/mol. The van der Waals surface area contributed by atoms with Crippen molar-refractivity contribution in [1.82, 2.24) is 39.9 Å². The molecule has 10 nitrogen and oxygen atoms in total. The quantitative estimate of drug-likeness (QED) is 0.150. The average Bonchev–Trinajstić information content (AvgIpc) is 3.17. The van der Waals surface area contributed by atoms with Crippen LogP contribution in [0.1, 0.15) is 59.6 Å². The molecule has 51 heavy (non-hydrogen) atoms. The van der Waals surface area contributed by atoms with E-state index in [1.54, 1.807) is 37.2 Å². The van der Waals surface area contributed by atoms with Crippen LogP contribution in [0.2, 0.25) is 10.3 Å². The van der Waals surface area contributed by atoms with Gasteiger partial charge in [0.25, 0.3) is 0 Å². The van der Waals surface area contributed by atoms with E-state index in [0.717, 1.165) is 96.7 Å². The summed E-state index contributed by atoms with van der Waals surface area (Å²) in [6.07, 6.45) is 18.6. The third kappa shape index (κ3) is 9.32. The number of rotatable bonds is 8. The first-order chi connectivity index (χ1) is 24.6. The molecule has 0 saturated carbocycles. The van der Waals surface area contributed by atoms with Gasteiger partial charge in [0.15, 0.2) is 0 Å². The highest BCUT2D eigenvalue weighted by Gasteiger charge is 2.20. The summed E-state index contributed by atoms with van der Waals surface area (Å²) >= 11 is 11.7. The molecule has 2 aliphatic carbocycles. The van der Waals surface area contributed by atoms with Gasteiger partial charge in [-0.25, -0.2) is 19.9 Å². The van der Waals surface area contributed by atoms with Gasteiger partial charge in [-0.05, 0) is 86.8 Å². The molecule has 0 amide bonds. The van der Waals surface area contributed by atoms with Crippen LogP contribution >= 0.6 is 35.6 Å². The fourth-order valence-corrected chi connectivity index (χ4v) is 6.32. The lowest BCUT2D eigenvalue weighted by atomic mass is 9.91. The van der Waals surface area contributed by atoms with E-state index in [9.17, 15) is 0 Å². The normalized spacial score (nSPS) is 13.1. The summed E-state index contributed by atoms with van der Waals surface area (Å²) in [7, 11) is 0. The van der Waals surface area contributed by atoms with Crippen molar-refractivity contribution in [3.63, 3.8) is 0 Å². The Morgan fingerprint density at radius 3 is 1.37 bits per heavy atom. The topological polar surface area (TPSA) is 122 Å². The Kier molecular flexibility index (Phi) is 12.3. The van der Waals surface area contributed by atoms with Gasteiger partial charge in [-0.1, -0.05) is 35.3 Å². The van der Waals surface area contributed by atoms with Gasteiger partial charge in [0.2, 0.25) is 11.8 Å². The molecule has 0 radical (unpaired) electrons. The molecule has 6 aromatic heterocycles. The predicted molar refractivity (Wildman–Crippen MR) is 198 cm³/mol. The number of fused-ring (bicyclic) bond motifs is 2. The van der Waals surface area contributed by atoms with Crippen molar-refractivity contribution in [3.8, 4) is 34.3 Å². The Morgan fingerprint density at radius 2 is 0.980 bits per heavy atom. The van der Waals surface area contributed by atoms with Crippen LogP contribution in [0.3, 0.4) is 0 Å². The fourth-order valence-electron chi connectivity index (χ4n) is 6.13. The first-order valence-corrected chi connectivity index (χ1v) is 17.4. The number of ether oxygens (including phenoxy) is 2. The zero-order valence-electron chi connectivity index (χ0n) is 27.7. The molecule has 0 saturated heterocycles. The molecule has 260 valence electrons. The second-order valence-electron chi connectivity index (χ2n) is 11.9. The summed E-state index contributed by atoms with van der Waals surface area (Å²) in [6.45, 7) is 0.775. The van der Waals surface area contributed by atoms with E-state index in [0.29, 0.717) is 35.3 Å². The van der Waals surface area contributed by atoms with Crippen molar-refractivity contribution in [2.45, 2.75) is 64.6 Å². The van der Waals surface area contributed by atoms with Gasteiger partial charge < -0.3 is 9.47 Å². The largest absolute Gasteiger partial charge is 0.471 e. The second-order valence-corrected chi connectivity index (χ2v) is 12.7. The predicted octanol–water partition coefficient (Wildman–Crippen LogP) is 8.51. The third-order valence-electron chi connectivity index (χ3n) is 8.53. The number of aromatic nitrogens is 8. The maximum atomic E-state index is 5.90. The van der Waals surface area contributed by atoms with Crippen molar-refractivity contribution in [3.05, 3.63) is 130 Å². The molecule has 6 aromatic rings. The molecular formula is C38H35Cl3N8O2. The van der Waals surface area contributed by atoms with E-state index >= 15 is 0 Å². The zero-order valence-corrected chi connectivity index (χ0v) is 30.0. The molecule has 6 heterocycles. The Morgan fingerprint density at radius 1 is 0.529 bits per heavy atom. The molecule has 0 N–H and O–H groups in total. The van der Waals surface area contributed by atoms with E-state index in [4.69, 9.17) is 42.6 Å². The van der Waals surface area contributed by atoms with Crippen molar-refractivity contribution < 1.29 is 9.47 Å². The van der Waals surface area contributed by atoms with Gasteiger partial charge in [-0.3, -0.25) is 19.9 Å². The van der Waals surface area contributed by atoms with Crippen molar-refractivity contribution in [1.29, 1.82) is 0 Å². The van der Waals surface area contributed by atoms with Crippen molar-refractivity contribution in [2.75, 3.05) is 0 Å². The van der Waals surface area contributed by atoms with Crippen LogP contribution in [0.15, 0.2) is 85.7 Å². The molecule has 0 aliphatic heterocycles. The summed E-state index contributed by atoms with van der Waals surface area (Å²) in [4.78, 5) is 35.1. The molecule has 0 aromatic carbocycles. The van der Waals surface area contributed by atoms with Crippen LogP contribution in [-0.4, -0.2) is 39.9 Å². The van der Waals surface area contributed by atoms with E-state index in [1.165, 1.54) is 11.1 Å². The van der Waals surface area contributed by atoms with Crippen molar-refractivity contribution >= 4 is 35.6 Å². The smallest absolute Gasteiger partial charge is 0.214 e. The molecule has 0 unspecified atom stereocenters. The van der Waals surface area contributed by atoms with Crippen LogP contribution < -0.4 is 9.47 Å². The molecular weight excluding hydrogens is 707 g/mol. The van der Waals surface area contributed by atoms with Gasteiger partial charge in [0.1, 0.15) is 23.5 Å². The van der Waals surface area contributed by atoms with Crippen LogP contribution in [0, 0.1) is 0 Å². The van der Waals surface area contributed by atoms with Gasteiger partial charge >= 0.3 is 0 Å². The molecule has 0 fully saturated rings. The van der Waals surface area contributed by atoms with E-state index < -0.39 is 0 Å². The SMILES string of the molecule is Cl.Clc1cnc(-c2cc(OCc3ccccn3)nc3c2CCCC3)cn1.Clc1cnc(-c2cc(OCc3ccccn3)nc3c2CCCC3)cn1. The fraction of sp³-hybridized carbons (Fsp3) is 0.263. The number of pyridine rings is 4. The Labute approximate surface area is 312 Å². The summed E-state index contributed by atoms with van der Waals surface area (Å²) < 4.78 is 11.8. The first-order valence-electron chi connectivity index (χ1n) is 16.7. The van der Waals surface area contributed by atoms with Gasteiger partial charge in [0, 0.05) is 47.0 Å². The van der Waals surface area contributed by atoms with Gasteiger partial charge in [-0.15, -0.1) is 12.4 Å². The summed E-state index contributed by atoms with van der Waals surface area (Å²) in [5.74, 6) is 1.19. The maximum Gasteiger partial charge on any atom is 0.214 e. The zero-order chi connectivity index (χ0) is 34.1. The molecule has 13 heteroatoms. The number of halogens is 3. The minimum absolute atomic E-state index is 0. The highest BCUT2D eigenvalue weighted by molar-refractivity contribution is 6.29. The molecule has 2 aliphatic rings. The number of aryl methyl sites for hydroxylation is 2. The minimum atomic E-state index is 0. The van der Waals surface area contributed by atoms with Crippen LogP contribution in [0.5, 0.6) is 11.8 Å². The van der Waals surface area contributed by atoms with Crippen molar-refractivity contribution in [2.24, 2.45) is 0 Å². The maximum absolute atomic E-state index is 5.90. The number of hydrogen-bond donors (Lipinski definition) is 0. The minimum Gasteiger partial charge on any atom is -0.471 e. The van der Waals surface area contributed by atoms with Gasteiger partial charge in [0.05, 0.1) is 47.6 Å². The standard InChI is InChI=1S/2C19H17ClN4O.ClH/c2*20-18-11-22-17(10-23-18)15-9-19(24-16-7-2-1-6-14(15)16)25-12-13-5-3-4-8-21-13;/h2*3-5,8-11H,1-2,6-7,12H2;1H. The lowest BCUT2D eigenvalue weighted by molar-refractivity contribution is 0.288. The van der Waals surface area contributed by atoms with Crippen LogP contribution in [0.4, 0.5) is 0 Å². The van der Waals surface area contributed by atoms with E-state index in [-0.39, 0.29) is 12.4 Å². The number of hydrogen-bond acceptors (Lipinski definition) is 10. The Hall–Kier alpha value is -4.77. The first kappa shape index (κ1) is 36.0. The molecule has 8 rings (SSSR count). The number of nitrogens with zero attached hydrogens (tertiary/aromatic N) is 8. The molecule has 0 spiro atoms. The summed E-state index contributed by atoms with van der Waals surface area (Å²) in [6, 6.07) is 15.4. The molecule has 0 bridgehead atoms. The monoisotopic (exact) mass is 740 g/mol. The Balaban J connectivity index is 0.000000172. The van der Waals surface area contributed by atoms with E-state index in [1.807, 2.05) is 48.5 Å². The summed E-state index contributed by atoms with van der Waals surface area (Å²) in [5.41, 5.74) is 10.1. The van der Waals surface area contributed by atoms with Gasteiger partial charge in [-0.2, -0.15) is 0 Å². The second kappa shape index (κ2) is 17.4. The Bertz CT molecular complexity index is 1890. The summed E-state index contributed by atoms with van der Waals surface area (Å²) in [5, 5.41) is 0.775. The highest BCUT2D eigenvalue weighted by atomic mass is 35.5. The highest BCUT2D eigenvalue weighted by Crippen LogP contribution is 2.34.